The van der Waals surface area contributed by atoms with Crippen molar-refractivity contribution in [1.29, 1.82) is 0 Å². The van der Waals surface area contributed by atoms with Crippen molar-refractivity contribution in [2.75, 3.05) is 52.8 Å². The van der Waals surface area contributed by atoms with E-state index < -0.39 is 0 Å². The molecule has 1 aromatic carbocycles. The summed E-state index contributed by atoms with van der Waals surface area (Å²) in [4.78, 5) is 18.0. The number of likely N-dealkylation sites (N-methyl/N-ethyl adjacent to an activating group) is 1. The lowest BCUT2D eigenvalue weighted by atomic mass is 9.89. The number of rotatable bonds is 10. The molecule has 1 aliphatic rings. The number of guanidine groups is 1. The van der Waals surface area contributed by atoms with Gasteiger partial charge in [-0.3, -0.25) is 4.79 Å². The van der Waals surface area contributed by atoms with Crippen LogP contribution in [0.15, 0.2) is 29.3 Å². The van der Waals surface area contributed by atoms with Crippen molar-refractivity contribution in [3.05, 3.63) is 24.3 Å². The molecule has 1 saturated carbocycles. The Morgan fingerprint density at radius 2 is 2.00 bits per heavy atom. The minimum Gasteiger partial charge on any atom is -0.493 e. The smallest absolute Gasteiger partial charge is 0.243 e. The number of carbonyl (C=O) groups is 1. The summed E-state index contributed by atoms with van der Waals surface area (Å²) >= 11 is 0. The second-order valence-electron chi connectivity index (χ2n) is 7.69. The third kappa shape index (κ3) is 9.17. The molecule has 0 atom stereocenters. The first kappa shape index (κ1) is 23.0. The number of anilines is 1. The first-order chi connectivity index (χ1) is 14.1. The molecular formula is C22H36N4O3. The number of hydrogen-bond donors (Lipinski definition) is 2. The van der Waals surface area contributed by atoms with E-state index in [1.54, 1.807) is 26.1 Å². The summed E-state index contributed by atoms with van der Waals surface area (Å²) in [5.41, 5.74) is 0.876. The topological polar surface area (TPSA) is 75.2 Å². The minimum absolute atomic E-state index is 0.0287. The van der Waals surface area contributed by atoms with E-state index in [2.05, 4.69) is 15.6 Å². The van der Waals surface area contributed by atoms with Crippen molar-refractivity contribution < 1.29 is 14.3 Å². The molecule has 1 fully saturated rings. The molecule has 29 heavy (non-hydrogen) atoms. The monoisotopic (exact) mass is 404 g/mol. The molecule has 7 nitrogen and oxygen atoms in total. The van der Waals surface area contributed by atoms with Gasteiger partial charge < -0.3 is 25.0 Å². The van der Waals surface area contributed by atoms with E-state index in [0.29, 0.717) is 25.1 Å². The number of nitrogens with one attached hydrogen (secondary N) is 2. The average Bonchev–Trinajstić information content (AvgIpc) is 2.74. The second kappa shape index (κ2) is 13.0. The van der Waals surface area contributed by atoms with Gasteiger partial charge in [0.25, 0.3) is 0 Å². The molecule has 1 amide bonds. The number of ether oxygens (including phenoxy) is 2. The highest BCUT2D eigenvalue weighted by atomic mass is 16.5. The van der Waals surface area contributed by atoms with Crippen LogP contribution in [-0.2, 0) is 9.53 Å². The Labute approximate surface area is 174 Å². The molecule has 0 radical (unpaired) electrons. The second-order valence-corrected chi connectivity index (χ2v) is 7.69. The van der Waals surface area contributed by atoms with Gasteiger partial charge in [-0.05, 0) is 30.9 Å². The number of methoxy groups -OCH3 is 1. The average molecular weight is 405 g/mol. The summed E-state index contributed by atoms with van der Waals surface area (Å²) in [5.74, 6) is 2.05. The number of aliphatic imine (C=N–C) groups is 1. The standard InChI is InChI=1S/C22H36N4O3/c1-26(2)21(27)17-24-22(23-16-18-9-5-4-6-10-18)25-19-11-7-12-20(15-19)29-14-8-13-28-3/h7,11-12,15,18H,4-6,8-10,13-14,16-17H2,1-3H3,(H2,23,24,25). The van der Waals surface area contributed by atoms with Gasteiger partial charge in [-0.25, -0.2) is 4.99 Å². The van der Waals surface area contributed by atoms with Gasteiger partial charge in [0.15, 0.2) is 5.96 Å². The highest BCUT2D eigenvalue weighted by Gasteiger charge is 2.14. The zero-order valence-corrected chi connectivity index (χ0v) is 18.1. The SMILES string of the molecule is COCCCOc1cccc(NC(=NCC(=O)N(C)C)NCC2CCCCC2)c1. The summed E-state index contributed by atoms with van der Waals surface area (Å²) in [5, 5.41) is 6.74. The molecule has 0 aliphatic heterocycles. The van der Waals surface area contributed by atoms with Gasteiger partial charge in [0.2, 0.25) is 5.91 Å². The summed E-state index contributed by atoms with van der Waals surface area (Å²) in [7, 11) is 5.17. The maximum Gasteiger partial charge on any atom is 0.243 e. The first-order valence-corrected chi connectivity index (χ1v) is 10.6. The van der Waals surface area contributed by atoms with Crippen molar-refractivity contribution in [2.45, 2.75) is 38.5 Å². The van der Waals surface area contributed by atoms with Crippen LogP contribution in [0.25, 0.3) is 0 Å². The molecule has 2 rings (SSSR count). The van der Waals surface area contributed by atoms with Crippen LogP contribution in [0.5, 0.6) is 5.75 Å². The quantitative estimate of drug-likeness (QED) is 0.356. The van der Waals surface area contributed by atoms with Gasteiger partial charge in [-0.2, -0.15) is 0 Å². The van der Waals surface area contributed by atoms with E-state index in [1.165, 1.54) is 32.1 Å². The molecule has 0 unspecified atom stereocenters. The molecule has 2 N–H and O–H groups in total. The van der Waals surface area contributed by atoms with Crippen molar-refractivity contribution in [3.8, 4) is 5.75 Å². The first-order valence-electron chi connectivity index (χ1n) is 10.6. The Morgan fingerprint density at radius 3 is 2.72 bits per heavy atom. The van der Waals surface area contributed by atoms with Gasteiger partial charge >= 0.3 is 0 Å². The number of carbonyl (C=O) groups excluding carboxylic acids is 1. The van der Waals surface area contributed by atoms with Gasteiger partial charge in [-0.15, -0.1) is 0 Å². The molecule has 1 aliphatic carbocycles. The molecule has 0 spiro atoms. The predicted octanol–water partition coefficient (Wildman–Crippen LogP) is 3.13. The van der Waals surface area contributed by atoms with Crippen LogP contribution in [0.3, 0.4) is 0 Å². The third-order valence-corrected chi connectivity index (χ3v) is 5.01. The van der Waals surface area contributed by atoms with Crippen LogP contribution < -0.4 is 15.4 Å². The normalized spacial score (nSPS) is 15.1. The van der Waals surface area contributed by atoms with Crippen LogP contribution in [0, 0.1) is 5.92 Å². The molecule has 162 valence electrons. The summed E-state index contributed by atoms with van der Waals surface area (Å²) in [6.45, 7) is 2.27. The Hall–Kier alpha value is -2.28. The van der Waals surface area contributed by atoms with E-state index >= 15 is 0 Å². The number of nitrogens with zero attached hydrogens (tertiary/aromatic N) is 2. The number of hydrogen-bond acceptors (Lipinski definition) is 4. The van der Waals surface area contributed by atoms with Crippen molar-refractivity contribution >= 4 is 17.6 Å². The predicted molar refractivity (Wildman–Crippen MR) is 118 cm³/mol. The third-order valence-electron chi connectivity index (χ3n) is 5.01. The van der Waals surface area contributed by atoms with Crippen LogP contribution in [-0.4, -0.2) is 64.3 Å². The maximum absolute atomic E-state index is 12.0. The Kier molecular flexibility index (Phi) is 10.3. The fourth-order valence-corrected chi connectivity index (χ4v) is 3.25. The van der Waals surface area contributed by atoms with Crippen LogP contribution in [0.2, 0.25) is 0 Å². The summed E-state index contributed by atoms with van der Waals surface area (Å²) < 4.78 is 10.8. The van der Waals surface area contributed by atoms with Crippen molar-refractivity contribution in [2.24, 2.45) is 10.9 Å². The zero-order chi connectivity index (χ0) is 20.9. The van der Waals surface area contributed by atoms with Crippen molar-refractivity contribution in [1.82, 2.24) is 10.2 Å². The van der Waals surface area contributed by atoms with E-state index in [-0.39, 0.29) is 12.5 Å². The molecule has 0 saturated heterocycles. The number of benzene rings is 1. The Balaban J connectivity index is 1.97. The highest BCUT2D eigenvalue weighted by molar-refractivity contribution is 5.95. The van der Waals surface area contributed by atoms with Gasteiger partial charge in [0.05, 0.1) is 6.61 Å². The van der Waals surface area contributed by atoms with Gasteiger partial charge in [0.1, 0.15) is 12.3 Å². The lowest BCUT2D eigenvalue weighted by Crippen LogP contribution is -2.36. The lowest BCUT2D eigenvalue weighted by molar-refractivity contribution is -0.127. The van der Waals surface area contributed by atoms with Gasteiger partial charge in [0, 0.05) is 52.5 Å². The van der Waals surface area contributed by atoms with Crippen LogP contribution in [0.1, 0.15) is 38.5 Å². The van der Waals surface area contributed by atoms with Crippen LogP contribution >= 0.6 is 0 Å². The molecular weight excluding hydrogens is 368 g/mol. The molecule has 0 heterocycles. The Bertz CT molecular complexity index is 643. The molecule has 0 aromatic heterocycles. The fourth-order valence-electron chi connectivity index (χ4n) is 3.25. The molecule has 1 aromatic rings. The largest absolute Gasteiger partial charge is 0.493 e. The van der Waals surface area contributed by atoms with Crippen molar-refractivity contribution in [3.63, 3.8) is 0 Å². The summed E-state index contributed by atoms with van der Waals surface area (Å²) in [6.07, 6.45) is 7.28. The van der Waals surface area contributed by atoms with E-state index in [9.17, 15) is 4.79 Å². The Morgan fingerprint density at radius 1 is 1.21 bits per heavy atom. The lowest BCUT2D eigenvalue weighted by Gasteiger charge is -2.23. The fraction of sp³-hybridized carbons (Fsp3) is 0.636. The zero-order valence-electron chi connectivity index (χ0n) is 18.1. The molecule has 7 heteroatoms. The number of amides is 1. The minimum atomic E-state index is -0.0287. The van der Waals surface area contributed by atoms with E-state index in [1.807, 2.05) is 24.3 Å². The van der Waals surface area contributed by atoms with Crippen LogP contribution in [0.4, 0.5) is 5.69 Å². The summed E-state index contributed by atoms with van der Waals surface area (Å²) in [6, 6.07) is 7.78. The molecule has 0 bridgehead atoms. The van der Waals surface area contributed by atoms with E-state index in [0.717, 1.165) is 24.4 Å². The van der Waals surface area contributed by atoms with Gasteiger partial charge in [-0.1, -0.05) is 25.3 Å². The maximum atomic E-state index is 12.0. The van der Waals surface area contributed by atoms with E-state index in [4.69, 9.17) is 9.47 Å². The highest BCUT2D eigenvalue weighted by Crippen LogP contribution is 2.23.